The molecular formula is C7H13NOS. The third-order valence-corrected chi connectivity index (χ3v) is 3.23. The average Bonchev–Trinajstić information content (AvgIpc) is 2.09. The molecule has 1 aliphatic rings. The molecule has 1 amide bonds. The van der Waals surface area contributed by atoms with E-state index in [9.17, 15) is 4.79 Å². The van der Waals surface area contributed by atoms with Crippen LogP contribution in [0.4, 0.5) is 4.79 Å². The number of thioether (sulfide) groups is 1. The molecule has 0 aromatic carbocycles. The molecule has 0 radical (unpaired) electrons. The van der Waals surface area contributed by atoms with E-state index in [1.54, 1.807) is 0 Å². The quantitative estimate of drug-likeness (QED) is 0.583. The van der Waals surface area contributed by atoms with Crippen molar-refractivity contribution < 1.29 is 4.79 Å². The van der Waals surface area contributed by atoms with E-state index in [-0.39, 0.29) is 5.24 Å². The van der Waals surface area contributed by atoms with E-state index in [4.69, 9.17) is 0 Å². The van der Waals surface area contributed by atoms with Crippen molar-refractivity contribution in [3.05, 3.63) is 0 Å². The zero-order chi connectivity index (χ0) is 7.72. The summed E-state index contributed by atoms with van der Waals surface area (Å²) >= 11 is 1.45. The van der Waals surface area contributed by atoms with Gasteiger partial charge in [0, 0.05) is 17.8 Å². The number of hydrogen-bond acceptors (Lipinski definition) is 2. The van der Waals surface area contributed by atoms with Crippen LogP contribution in [0, 0.1) is 0 Å². The molecule has 1 aliphatic heterocycles. The lowest BCUT2D eigenvalue weighted by Crippen LogP contribution is -2.32. The van der Waals surface area contributed by atoms with Crippen LogP contribution in [0.5, 0.6) is 0 Å². The van der Waals surface area contributed by atoms with Crippen molar-refractivity contribution in [3.8, 4) is 0 Å². The molecule has 1 fully saturated rings. The minimum Gasteiger partial charge on any atom is -0.330 e. The van der Waals surface area contributed by atoms with Crippen LogP contribution < -0.4 is 0 Å². The first-order valence-electron chi connectivity index (χ1n) is 3.64. The van der Waals surface area contributed by atoms with E-state index in [1.807, 2.05) is 11.8 Å². The fourth-order valence-corrected chi connectivity index (χ4v) is 2.25. The van der Waals surface area contributed by atoms with E-state index < -0.39 is 0 Å². The lowest BCUT2D eigenvalue weighted by Gasteiger charge is -2.19. The Kier molecular flexibility index (Phi) is 2.24. The predicted octanol–water partition coefficient (Wildman–Crippen LogP) is 1.95. The fraction of sp³-hybridized carbons (Fsp3) is 0.857. The summed E-state index contributed by atoms with van der Waals surface area (Å²) in [6, 6.07) is 0.419. The Bertz CT molecular complexity index is 149. The molecule has 3 heteroatoms. The topological polar surface area (TPSA) is 20.3 Å². The summed E-state index contributed by atoms with van der Waals surface area (Å²) in [4.78, 5) is 13.0. The summed E-state index contributed by atoms with van der Waals surface area (Å²) in [5, 5.41) is 0.704. The van der Waals surface area contributed by atoms with Crippen molar-refractivity contribution in [1.29, 1.82) is 0 Å². The molecule has 0 N–H and O–H groups in total. The number of hydrogen-bond donors (Lipinski definition) is 0. The Hall–Kier alpha value is -0.180. The predicted molar refractivity (Wildman–Crippen MR) is 44.3 cm³/mol. The molecular weight excluding hydrogens is 146 g/mol. The summed E-state index contributed by atoms with van der Waals surface area (Å²) in [5.74, 6) is 0. The molecule has 2 atom stereocenters. The maximum atomic E-state index is 11.1. The van der Waals surface area contributed by atoms with Crippen molar-refractivity contribution in [1.82, 2.24) is 4.90 Å². The van der Waals surface area contributed by atoms with Gasteiger partial charge in [-0.1, -0.05) is 18.7 Å². The number of rotatable bonds is 1. The Morgan fingerprint density at radius 1 is 1.60 bits per heavy atom. The van der Waals surface area contributed by atoms with Crippen molar-refractivity contribution in [2.45, 2.75) is 32.1 Å². The van der Waals surface area contributed by atoms with Gasteiger partial charge in [-0.25, -0.2) is 0 Å². The summed E-state index contributed by atoms with van der Waals surface area (Å²) in [6.07, 6.45) is 0. The first-order valence-corrected chi connectivity index (χ1v) is 4.52. The summed E-state index contributed by atoms with van der Waals surface area (Å²) in [6.45, 7) is 7.07. The number of carbonyl (C=O) groups excluding carboxylic acids is 1. The normalized spacial score (nSPS) is 33.5. The van der Waals surface area contributed by atoms with Gasteiger partial charge in [-0.2, -0.15) is 0 Å². The third-order valence-electron chi connectivity index (χ3n) is 2.03. The Morgan fingerprint density at radius 3 is 2.40 bits per heavy atom. The van der Waals surface area contributed by atoms with Crippen LogP contribution in [0.15, 0.2) is 0 Å². The zero-order valence-corrected chi connectivity index (χ0v) is 7.44. The largest absolute Gasteiger partial charge is 0.330 e. The van der Waals surface area contributed by atoms with E-state index in [0.717, 1.165) is 6.54 Å². The van der Waals surface area contributed by atoms with Crippen LogP contribution in [-0.2, 0) is 0 Å². The molecule has 1 saturated heterocycles. The Labute approximate surface area is 66.0 Å². The number of amides is 1. The second-order valence-corrected chi connectivity index (χ2v) is 3.94. The average molecular weight is 159 g/mol. The van der Waals surface area contributed by atoms with Gasteiger partial charge in [0.25, 0.3) is 5.24 Å². The van der Waals surface area contributed by atoms with E-state index in [0.29, 0.717) is 11.3 Å². The van der Waals surface area contributed by atoms with Crippen LogP contribution >= 0.6 is 11.8 Å². The zero-order valence-electron chi connectivity index (χ0n) is 6.63. The molecule has 2 unspecified atom stereocenters. The highest BCUT2D eigenvalue weighted by atomic mass is 32.2. The number of carbonyl (C=O) groups is 1. The van der Waals surface area contributed by atoms with Gasteiger partial charge < -0.3 is 4.90 Å². The second-order valence-electron chi connectivity index (χ2n) is 2.62. The highest BCUT2D eigenvalue weighted by molar-refractivity contribution is 8.14. The molecule has 10 heavy (non-hydrogen) atoms. The van der Waals surface area contributed by atoms with E-state index >= 15 is 0 Å². The molecule has 0 aromatic rings. The minimum atomic E-state index is 0.238. The van der Waals surface area contributed by atoms with Gasteiger partial charge in [0.2, 0.25) is 0 Å². The standard InChI is InChI=1S/C7H13NOS/c1-4-8-5(2)6(3)10-7(8)9/h5-6H,4H2,1-3H3. The maximum absolute atomic E-state index is 11.1. The van der Waals surface area contributed by atoms with Gasteiger partial charge in [0.05, 0.1) is 0 Å². The summed E-state index contributed by atoms with van der Waals surface area (Å²) < 4.78 is 0. The molecule has 0 saturated carbocycles. The molecule has 0 aliphatic carbocycles. The van der Waals surface area contributed by atoms with Gasteiger partial charge >= 0.3 is 0 Å². The van der Waals surface area contributed by atoms with Gasteiger partial charge in [-0.15, -0.1) is 0 Å². The van der Waals surface area contributed by atoms with Crippen molar-refractivity contribution in [2.24, 2.45) is 0 Å². The minimum absolute atomic E-state index is 0.238. The maximum Gasteiger partial charge on any atom is 0.282 e. The summed E-state index contributed by atoms with van der Waals surface area (Å²) in [7, 11) is 0. The van der Waals surface area contributed by atoms with E-state index in [2.05, 4.69) is 13.8 Å². The van der Waals surface area contributed by atoms with Crippen molar-refractivity contribution in [2.75, 3.05) is 6.54 Å². The van der Waals surface area contributed by atoms with E-state index in [1.165, 1.54) is 11.8 Å². The first-order chi connectivity index (χ1) is 4.66. The van der Waals surface area contributed by atoms with Gasteiger partial charge in [-0.05, 0) is 13.8 Å². The van der Waals surface area contributed by atoms with Gasteiger partial charge in [0.15, 0.2) is 0 Å². The Balaban J connectivity index is 2.64. The van der Waals surface area contributed by atoms with Crippen molar-refractivity contribution >= 4 is 17.0 Å². The second kappa shape index (κ2) is 2.82. The molecule has 1 heterocycles. The molecule has 0 bridgehead atoms. The molecule has 1 rings (SSSR count). The van der Waals surface area contributed by atoms with Crippen LogP contribution in [0.3, 0.4) is 0 Å². The first kappa shape index (κ1) is 7.92. The third kappa shape index (κ3) is 1.15. The SMILES string of the molecule is CCN1C(=O)SC(C)C1C. The van der Waals surface area contributed by atoms with Crippen LogP contribution in [-0.4, -0.2) is 28.0 Å². The van der Waals surface area contributed by atoms with Gasteiger partial charge in [0.1, 0.15) is 0 Å². The molecule has 0 spiro atoms. The summed E-state index contributed by atoms with van der Waals surface area (Å²) in [5.41, 5.74) is 0. The highest BCUT2D eigenvalue weighted by Crippen LogP contribution is 2.30. The highest BCUT2D eigenvalue weighted by Gasteiger charge is 2.33. The molecule has 58 valence electrons. The monoisotopic (exact) mass is 159 g/mol. The lowest BCUT2D eigenvalue weighted by atomic mass is 10.2. The molecule has 0 aromatic heterocycles. The van der Waals surface area contributed by atoms with Gasteiger partial charge in [-0.3, -0.25) is 4.79 Å². The molecule has 2 nitrogen and oxygen atoms in total. The number of nitrogens with zero attached hydrogens (tertiary/aromatic N) is 1. The lowest BCUT2D eigenvalue weighted by molar-refractivity contribution is 0.215. The van der Waals surface area contributed by atoms with Crippen molar-refractivity contribution in [3.63, 3.8) is 0 Å². The van der Waals surface area contributed by atoms with Crippen LogP contribution in [0.2, 0.25) is 0 Å². The Morgan fingerprint density at radius 2 is 2.20 bits per heavy atom. The fourth-order valence-electron chi connectivity index (χ4n) is 1.16. The van der Waals surface area contributed by atoms with Crippen LogP contribution in [0.25, 0.3) is 0 Å². The van der Waals surface area contributed by atoms with Crippen LogP contribution in [0.1, 0.15) is 20.8 Å². The smallest absolute Gasteiger partial charge is 0.282 e.